The number of nitrogens with zero attached hydrogens (tertiary/aromatic N) is 7. The highest BCUT2D eigenvalue weighted by atomic mass is 32.2. The third-order valence-corrected chi connectivity index (χ3v) is 8.26. The van der Waals surface area contributed by atoms with Crippen LogP contribution in [0.25, 0.3) is 17.2 Å². The first-order valence-corrected chi connectivity index (χ1v) is 12.7. The van der Waals surface area contributed by atoms with Crippen LogP contribution in [0.3, 0.4) is 0 Å². The number of benzene rings is 1. The van der Waals surface area contributed by atoms with Crippen molar-refractivity contribution < 1.29 is 22.3 Å². The Kier molecular flexibility index (Phi) is 7.02. The van der Waals surface area contributed by atoms with Crippen molar-refractivity contribution in [3.8, 4) is 28.7 Å². The maximum Gasteiger partial charge on any atom is 0.187 e. The second-order valence-electron chi connectivity index (χ2n) is 8.19. The zero-order valence-corrected chi connectivity index (χ0v) is 21.3. The number of sulfone groups is 1. The summed E-state index contributed by atoms with van der Waals surface area (Å²) in [5, 5.41) is 11.9. The standard InChI is InChI=1S/C23H26FN7O4S/c1-14(22-25-11-16(24)12-26-22)15(2)36(32,33)13-20-28-29-23(17-9-10-27-30(17)3)31(20)21-18(34-4)7-6-8-19(21)35-5/h6-12,14-15H,13H2,1-5H3/t14-,15-/m0/s1. The molecule has 11 nitrogen and oxygen atoms in total. The Hall–Kier alpha value is -3.87. The SMILES string of the molecule is COc1cccc(OC)c1-n1c(CS(=O)(=O)[C@@H](C)[C@H](C)c2ncc(F)cn2)nnc1-c1ccnn1C. The molecule has 0 saturated heterocycles. The average molecular weight is 516 g/mol. The van der Waals surface area contributed by atoms with E-state index in [9.17, 15) is 12.8 Å². The Morgan fingerprint density at radius 3 is 2.22 bits per heavy atom. The molecule has 0 unspecified atom stereocenters. The monoisotopic (exact) mass is 515 g/mol. The van der Waals surface area contributed by atoms with Gasteiger partial charge in [-0.3, -0.25) is 9.25 Å². The normalized spacial score (nSPS) is 13.4. The van der Waals surface area contributed by atoms with E-state index in [2.05, 4.69) is 25.3 Å². The zero-order valence-electron chi connectivity index (χ0n) is 20.5. The Balaban J connectivity index is 1.82. The van der Waals surface area contributed by atoms with Gasteiger partial charge in [0, 0.05) is 19.2 Å². The predicted octanol–water partition coefficient (Wildman–Crippen LogP) is 2.72. The first-order valence-electron chi connectivity index (χ1n) is 11.0. The van der Waals surface area contributed by atoms with Crippen molar-refractivity contribution >= 4 is 9.84 Å². The van der Waals surface area contributed by atoms with E-state index in [1.165, 1.54) is 14.2 Å². The van der Waals surface area contributed by atoms with Gasteiger partial charge in [-0.1, -0.05) is 13.0 Å². The summed E-state index contributed by atoms with van der Waals surface area (Å²) >= 11 is 0. The van der Waals surface area contributed by atoms with Gasteiger partial charge in [-0.25, -0.2) is 22.8 Å². The molecule has 36 heavy (non-hydrogen) atoms. The third kappa shape index (κ3) is 4.65. The minimum Gasteiger partial charge on any atom is -0.494 e. The molecule has 0 aliphatic rings. The third-order valence-electron chi connectivity index (χ3n) is 6.05. The van der Waals surface area contributed by atoms with Crippen molar-refractivity contribution in [1.82, 2.24) is 34.5 Å². The van der Waals surface area contributed by atoms with Crippen LogP contribution >= 0.6 is 0 Å². The molecular weight excluding hydrogens is 489 g/mol. The topological polar surface area (TPSA) is 127 Å². The van der Waals surface area contributed by atoms with Crippen LogP contribution in [0, 0.1) is 5.82 Å². The molecule has 1 aromatic carbocycles. The van der Waals surface area contributed by atoms with Crippen molar-refractivity contribution in [2.24, 2.45) is 7.05 Å². The van der Waals surface area contributed by atoms with Crippen molar-refractivity contribution in [2.75, 3.05) is 14.2 Å². The van der Waals surface area contributed by atoms with Crippen LogP contribution in [0.1, 0.15) is 31.4 Å². The summed E-state index contributed by atoms with van der Waals surface area (Å²) in [6.45, 7) is 3.25. The Bertz CT molecular complexity index is 1450. The van der Waals surface area contributed by atoms with Crippen LogP contribution in [-0.4, -0.2) is 62.4 Å². The van der Waals surface area contributed by atoms with Crippen molar-refractivity contribution in [2.45, 2.75) is 30.8 Å². The lowest BCUT2D eigenvalue weighted by Crippen LogP contribution is -2.27. The van der Waals surface area contributed by atoms with E-state index >= 15 is 0 Å². The van der Waals surface area contributed by atoms with Gasteiger partial charge in [-0.05, 0) is 25.1 Å². The summed E-state index contributed by atoms with van der Waals surface area (Å²) in [6.07, 6.45) is 3.64. The second kappa shape index (κ2) is 10.0. The number of halogens is 1. The highest BCUT2D eigenvalue weighted by Gasteiger charge is 2.33. The van der Waals surface area contributed by atoms with Crippen LogP contribution in [0.15, 0.2) is 42.9 Å². The van der Waals surface area contributed by atoms with Gasteiger partial charge in [0.15, 0.2) is 27.3 Å². The summed E-state index contributed by atoms with van der Waals surface area (Å²) < 4.78 is 54.7. The van der Waals surface area contributed by atoms with E-state index in [0.717, 1.165) is 12.4 Å². The molecule has 4 aromatic rings. The van der Waals surface area contributed by atoms with E-state index in [1.807, 2.05) is 0 Å². The quantitative estimate of drug-likeness (QED) is 0.331. The molecule has 3 aromatic heterocycles. The average Bonchev–Trinajstić information content (AvgIpc) is 3.47. The number of para-hydroxylation sites is 1. The van der Waals surface area contributed by atoms with E-state index in [1.54, 1.807) is 60.6 Å². The molecule has 0 radical (unpaired) electrons. The van der Waals surface area contributed by atoms with Crippen LogP contribution in [0.2, 0.25) is 0 Å². The van der Waals surface area contributed by atoms with Gasteiger partial charge in [0.05, 0.1) is 31.9 Å². The molecule has 190 valence electrons. The van der Waals surface area contributed by atoms with Crippen LogP contribution < -0.4 is 9.47 Å². The summed E-state index contributed by atoms with van der Waals surface area (Å²) in [6, 6.07) is 6.98. The van der Waals surface area contributed by atoms with E-state index in [0.29, 0.717) is 28.7 Å². The number of hydrogen-bond acceptors (Lipinski definition) is 9. The van der Waals surface area contributed by atoms with Gasteiger partial charge >= 0.3 is 0 Å². The lowest BCUT2D eigenvalue weighted by atomic mass is 10.1. The van der Waals surface area contributed by atoms with Crippen molar-refractivity contribution in [3.63, 3.8) is 0 Å². The van der Waals surface area contributed by atoms with Crippen LogP contribution in [0.5, 0.6) is 11.5 Å². The van der Waals surface area contributed by atoms with Gasteiger partial charge in [0.25, 0.3) is 0 Å². The summed E-state index contributed by atoms with van der Waals surface area (Å²) in [7, 11) is 0.958. The fourth-order valence-corrected chi connectivity index (χ4v) is 5.40. The molecular formula is C23H26FN7O4S. The molecule has 0 bridgehead atoms. The number of aryl methyl sites for hydroxylation is 1. The van der Waals surface area contributed by atoms with Gasteiger partial charge < -0.3 is 9.47 Å². The number of aromatic nitrogens is 7. The highest BCUT2D eigenvalue weighted by molar-refractivity contribution is 7.91. The molecule has 0 N–H and O–H groups in total. The molecule has 0 saturated carbocycles. The van der Waals surface area contributed by atoms with Crippen molar-refractivity contribution in [3.05, 3.63) is 60.3 Å². The predicted molar refractivity (Wildman–Crippen MR) is 129 cm³/mol. The van der Waals surface area contributed by atoms with Gasteiger partial charge in [0.1, 0.15) is 34.5 Å². The van der Waals surface area contributed by atoms with Gasteiger partial charge in [-0.2, -0.15) is 5.10 Å². The molecule has 0 aliphatic heterocycles. The number of methoxy groups -OCH3 is 2. The smallest absolute Gasteiger partial charge is 0.187 e. The minimum atomic E-state index is -3.81. The Labute approximate surface area is 207 Å². The van der Waals surface area contributed by atoms with Crippen LogP contribution in [0.4, 0.5) is 4.39 Å². The van der Waals surface area contributed by atoms with Gasteiger partial charge in [0.2, 0.25) is 0 Å². The summed E-state index contributed by atoms with van der Waals surface area (Å²) in [5.41, 5.74) is 1.07. The molecule has 0 fully saturated rings. The Morgan fingerprint density at radius 2 is 1.67 bits per heavy atom. The number of rotatable bonds is 9. The number of ether oxygens (including phenoxy) is 2. The van der Waals surface area contributed by atoms with E-state index in [-0.39, 0.29) is 11.6 Å². The first kappa shape index (κ1) is 25.2. The van der Waals surface area contributed by atoms with Crippen LogP contribution in [-0.2, 0) is 22.6 Å². The Morgan fingerprint density at radius 1 is 1.03 bits per heavy atom. The summed E-state index contributed by atoms with van der Waals surface area (Å²) in [5.74, 6) is 0.0164. The summed E-state index contributed by atoms with van der Waals surface area (Å²) in [4.78, 5) is 7.90. The van der Waals surface area contributed by atoms with E-state index < -0.39 is 32.6 Å². The molecule has 0 aliphatic carbocycles. The van der Waals surface area contributed by atoms with Gasteiger partial charge in [-0.15, -0.1) is 10.2 Å². The first-order chi connectivity index (χ1) is 17.2. The van der Waals surface area contributed by atoms with E-state index in [4.69, 9.17) is 9.47 Å². The highest BCUT2D eigenvalue weighted by Crippen LogP contribution is 2.37. The molecule has 4 rings (SSSR count). The number of hydrogen-bond donors (Lipinski definition) is 0. The van der Waals surface area contributed by atoms with Crippen molar-refractivity contribution in [1.29, 1.82) is 0 Å². The minimum absolute atomic E-state index is 0.160. The lowest BCUT2D eigenvalue weighted by Gasteiger charge is -2.20. The molecule has 3 heterocycles. The molecule has 13 heteroatoms. The molecule has 0 spiro atoms. The largest absolute Gasteiger partial charge is 0.494 e. The molecule has 2 atom stereocenters. The maximum absolute atomic E-state index is 13.5. The zero-order chi connectivity index (χ0) is 26.0. The lowest BCUT2D eigenvalue weighted by molar-refractivity contribution is 0.390. The molecule has 0 amide bonds. The second-order valence-corrected chi connectivity index (χ2v) is 10.5. The fourth-order valence-electron chi connectivity index (χ4n) is 3.85. The fraction of sp³-hybridized carbons (Fsp3) is 0.348. The maximum atomic E-state index is 13.5.